The molecule has 3 N–H and O–H groups in total. The van der Waals surface area contributed by atoms with Crippen LogP contribution >= 0.6 is 23.2 Å². The minimum atomic E-state index is -0.225. The quantitative estimate of drug-likeness (QED) is 0.650. The molecule has 0 amide bonds. The molecular formula is C15H16Cl2N2O. The minimum absolute atomic E-state index is 0.224. The number of hydrogen-bond donors (Lipinski definition) is 2. The highest BCUT2D eigenvalue weighted by Gasteiger charge is 2.24. The van der Waals surface area contributed by atoms with Crippen molar-refractivity contribution in [3.05, 3.63) is 69.7 Å². The molecule has 0 bridgehead atoms. The highest BCUT2D eigenvalue weighted by Crippen LogP contribution is 2.33. The van der Waals surface area contributed by atoms with Gasteiger partial charge in [-0.15, -0.1) is 0 Å². The van der Waals surface area contributed by atoms with Gasteiger partial charge in [0, 0.05) is 7.11 Å². The molecule has 106 valence electrons. The molecule has 0 aliphatic carbocycles. The first-order valence-electron chi connectivity index (χ1n) is 6.16. The van der Waals surface area contributed by atoms with Gasteiger partial charge in [0.15, 0.2) is 0 Å². The van der Waals surface area contributed by atoms with Gasteiger partial charge in [0.1, 0.15) is 6.10 Å². The molecule has 2 unspecified atom stereocenters. The lowest BCUT2D eigenvalue weighted by Crippen LogP contribution is -2.33. The van der Waals surface area contributed by atoms with Crippen molar-refractivity contribution >= 4 is 23.2 Å². The SMILES string of the molecule is COC(c1ccccc1)C(NN)c1ccc(Cl)c(Cl)c1. The molecule has 2 atom stereocenters. The molecule has 0 aromatic heterocycles. The molecule has 2 aromatic carbocycles. The van der Waals surface area contributed by atoms with E-state index in [-0.39, 0.29) is 12.1 Å². The van der Waals surface area contributed by atoms with E-state index in [0.717, 1.165) is 11.1 Å². The summed E-state index contributed by atoms with van der Waals surface area (Å²) >= 11 is 12.0. The lowest BCUT2D eigenvalue weighted by Gasteiger charge is -2.26. The second kappa shape index (κ2) is 7.07. The first-order valence-corrected chi connectivity index (χ1v) is 6.91. The van der Waals surface area contributed by atoms with E-state index in [0.29, 0.717) is 10.0 Å². The van der Waals surface area contributed by atoms with E-state index in [1.165, 1.54) is 0 Å². The van der Waals surface area contributed by atoms with Crippen molar-refractivity contribution in [1.82, 2.24) is 5.43 Å². The second-order valence-electron chi connectivity index (χ2n) is 4.38. The molecule has 20 heavy (non-hydrogen) atoms. The molecule has 0 fully saturated rings. The summed E-state index contributed by atoms with van der Waals surface area (Å²) in [4.78, 5) is 0. The third-order valence-corrected chi connectivity index (χ3v) is 3.91. The van der Waals surface area contributed by atoms with Crippen LogP contribution in [0.4, 0.5) is 0 Å². The summed E-state index contributed by atoms with van der Waals surface area (Å²) in [7, 11) is 1.65. The molecule has 0 spiro atoms. The normalized spacial score (nSPS) is 14.0. The summed E-state index contributed by atoms with van der Waals surface area (Å²) < 4.78 is 5.60. The average Bonchev–Trinajstić information content (AvgIpc) is 2.48. The number of nitrogens with one attached hydrogen (secondary N) is 1. The predicted octanol–water partition coefficient (Wildman–Crippen LogP) is 3.89. The van der Waals surface area contributed by atoms with E-state index in [1.54, 1.807) is 19.2 Å². The lowest BCUT2D eigenvalue weighted by molar-refractivity contribution is 0.0676. The van der Waals surface area contributed by atoms with Crippen LogP contribution in [0.5, 0.6) is 0 Å². The van der Waals surface area contributed by atoms with Crippen LogP contribution in [0, 0.1) is 0 Å². The summed E-state index contributed by atoms with van der Waals surface area (Å²) in [5.74, 6) is 5.70. The van der Waals surface area contributed by atoms with Gasteiger partial charge in [-0.1, -0.05) is 59.6 Å². The Morgan fingerprint density at radius 1 is 1.00 bits per heavy atom. The van der Waals surface area contributed by atoms with E-state index >= 15 is 0 Å². The van der Waals surface area contributed by atoms with Crippen LogP contribution in [-0.4, -0.2) is 7.11 Å². The second-order valence-corrected chi connectivity index (χ2v) is 5.20. The Hall–Kier alpha value is -1.10. The van der Waals surface area contributed by atoms with Crippen molar-refractivity contribution in [1.29, 1.82) is 0 Å². The Morgan fingerprint density at radius 2 is 1.70 bits per heavy atom. The van der Waals surface area contributed by atoms with Gasteiger partial charge in [0.2, 0.25) is 0 Å². The number of ether oxygens (including phenoxy) is 1. The molecule has 2 rings (SSSR count). The van der Waals surface area contributed by atoms with Gasteiger partial charge in [0.25, 0.3) is 0 Å². The minimum Gasteiger partial charge on any atom is -0.375 e. The molecule has 3 nitrogen and oxygen atoms in total. The van der Waals surface area contributed by atoms with E-state index in [9.17, 15) is 0 Å². The zero-order valence-electron chi connectivity index (χ0n) is 11.0. The fourth-order valence-corrected chi connectivity index (χ4v) is 2.48. The first-order chi connectivity index (χ1) is 9.67. The molecule has 0 heterocycles. The number of methoxy groups -OCH3 is 1. The van der Waals surface area contributed by atoms with Crippen LogP contribution in [0.2, 0.25) is 10.0 Å². The molecule has 0 aliphatic rings. The Morgan fingerprint density at radius 3 is 2.25 bits per heavy atom. The topological polar surface area (TPSA) is 47.3 Å². The Balaban J connectivity index is 2.36. The molecule has 5 heteroatoms. The molecule has 2 aromatic rings. The Labute approximate surface area is 128 Å². The van der Waals surface area contributed by atoms with Gasteiger partial charge < -0.3 is 4.74 Å². The highest BCUT2D eigenvalue weighted by atomic mass is 35.5. The van der Waals surface area contributed by atoms with Gasteiger partial charge in [0.05, 0.1) is 16.1 Å². The summed E-state index contributed by atoms with van der Waals surface area (Å²) in [6, 6.07) is 15.1. The summed E-state index contributed by atoms with van der Waals surface area (Å²) in [6.07, 6.45) is -0.224. The van der Waals surface area contributed by atoms with Crippen molar-refractivity contribution in [3.63, 3.8) is 0 Å². The average molecular weight is 311 g/mol. The number of benzene rings is 2. The summed E-state index contributed by atoms with van der Waals surface area (Å²) in [5, 5.41) is 1.01. The largest absolute Gasteiger partial charge is 0.375 e. The van der Waals surface area contributed by atoms with Gasteiger partial charge in [-0.2, -0.15) is 0 Å². The van der Waals surface area contributed by atoms with Crippen LogP contribution in [0.15, 0.2) is 48.5 Å². The van der Waals surface area contributed by atoms with Crippen LogP contribution < -0.4 is 11.3 Å². The Bertz CT molecular complexity index is 563. The summed E-state index contributed by atoms with van der Waals surface area (Å²) in [5.41, 5.74) is 4.73. The first kappa shape index (κ1) is 15.3. The third kappa shape index (κ3) is 3.32. The van der Waals surface area contributed by atoms with E-state index in [4.69, 9.17) is 33.8 Å². The van der Waals surface area contributed by atoms with Crippen LogP contribution in [-0.2, 0) is 4.74 Å². The van der Waals surface area contributed by atoms with Crippen LogP contribution in [0.1, 0.15) is 23.3 Å². The maximum atomic E-state index is 6.07. The highest BCUT2D eigenvalue weighted by molar-refractivity contribution is 6.42. The maximum absolute atomic E-state index is 6.07. The van der Waals surface area contributed by atoms with Gasteiger partial charge in [-0.25, -0.2) is 0 Å². The fourth-order valence-electron chi connectivity index (χ4n) is 2.17. The van der Waals surface area contributed by atoms with E-state index in [1.807, 2.05) is 36.4 Å². The number of hydrogen-bond acceptors (Lipinski definition) is 3. The van der Waals surface area contributed by atoms with E-state index in [2.05, 4.69) is 5.43 Å². The number of hydrazine groups is 1. The number of nitrogens with two attached hydrogens (primary N) is 1. The zero-order valence-corrected chi connectivity index (χ0v) is 12.5. The van der Waals surface area contributed by atoms with Crippen molar-refractivity contribution < 1.29 is 4.74 Å². The lowest BCUT2D eigenvalue weighted by atomic mass is 9.96. The monoisotopic (exact) mass is 310 g/mol. The molecule has 0 saturated carbocycles. The van der Waals surface area contributed by atoms with E-state index < -0.39 is 0 Å². The zero-order chi connectivity index (χ0) is 14.5. The smallest absolute Gasteiger partial charge is 0.103 e. The Kier molecular flexibility index (Phi) is 5.40. The summed E-state index contributed by atoms with van der Waals surface area (Å²) in [6.45, 7) is 0. The molecule has 0 aliphatic heterocycles. The van der Waals surface area contributed by atoms with Crippen LogP contribution in [0.25, 0.3) is 0 Å². The fraction of sp³-hybridized carbons (Fsp3) is 0.200. The van der Waals surface area contributed by atoms with Crippen molar-refractivity contribution in [3.8, 4) is 0 Å². The van der Waals surface area contributed by atoms with Gasteiger partial charge in [-0.05, 0) is 23.3 Å². The number of rotatable bonds is 5. The van der Waals surface area contributed by atoms with Gasteiger partial charge >= 0.3 is 0 Å². The third-order valence-electron chi connectivity index (χ3n) is 3.17. The van der Waals surface area contributed by atoms with Crippen molar-refractivity contribution in [2.24, 2.45) is 5.84 Å². The molecule has 0 saturated heterocycles. The maximum Gasteiger partial charge on any atom is 0.103 e. The van der Waals surface area contributed by atoms with Crippen molar-refractivity contribution in [2.75, 3.05) is 7.11 Å². The standard InChI is InChI=1S/C15H16Cl2N2O/c1-20-15(10-5-3-2-4-6-10)14(19-18)11-7-8-12(16)13(17)9-11/h2-9,14-15,19H,18H2,1H3. The number of halogens is 2. The van der Waals surface area contributed by atoms with Gasteiger partial charge in [-0.3, -0.25) is 11.3 Å². The molecule has 0 radical (unpaired) electrons. The van der Waals surface area contributed by atoms with Crippen molar-refractivity contribution in [2.45, 2.75) is 12.1 Å². The predicted molar refractivity (Wildman–Crippen MR) is 82.7 cm³/mol. The molecular weight excluding hydrogens is 295 g/mol. The van der Waals surface area contributed by atoms with Crippen LogP contribution in [0.3, 0.4) is 0 Å².